The summed E-state index contributed by atoms with van der Waals surface area (Å²) < 4.78 is 30.3. The number of fused-ring (bicyclic) bond motifs is 1. The largest absolute Gasteiger partial charge is 0.452 e. The van der Waals surface area contributed by atoms with Crippen molar-refractivity contribution in [2.24, 2.45) is 0 Å². The summed E-state index contributed by atoms with van der Waals surface area (Å²) in [4.78, 5) is 25.0. The van der Waals surface area contributed by atoms with E-state index in [0.717, 1.165) is 16.7 Å². The Bertz CT molecular complexity index is 954. The number of nitrogens with one attached hydrogen (secondary N) is 1. The second-order valence-electron chi connectivity index (χ2n) is 6.39. The smallest absolute Gasteiger partial charge is 0.338 e. The van der Waals surface area contributed by atoms with E-state index >= 15 is 0 Å². The fourth-order valence-corrected chi connectivity index (χ4v) is 5.01. The molecule has 1 aromatic heterocycles. The number of thiophene rings is 1. The topological polar surface area (TPSA) is 92.8 Å². The van der Waals surface area contributed by atoms with Gasteiger partial charge in [0, 0.05) is 10.9 Å². The molecule has 1 N–H and O–H groups in total. The number of hydrogen-bond donors (Lipinski definition) is 1. The van der Waals surface area contributed by atoms with Crippen molar-refractivity contribution in [3.8, 4) is 0 Å². The standard InChI is InChI=1S/C18H20N2O5S2/c1-12-8-14-9-13(5-6-16(14)20(12)27(2,23)24)18(22)25-11-17(21)19-10-15-4-3-7-26-15/h3-7,9,12H,8,10-11H2,1-2H3,(H,19,21)/t12-/m1/s1. The van der Waals surface area contributed by atoms with Crippen molar-refractivity contribution in [2.45, 2.75) is 25.9 Å². The van der Waals surface area contributed by atoms with Crippen molar-refractivity contribution in [1.82, 2.24) is 5.32 Å². The van der Waals surface area contributed by atoms with Crippen LogP contribution in [0.5, 0.6) is 0 Å². The summed E-state index contributed by atoms with van der Waals surface area (Å²) in [6.07, 6.45) is 1.68. The molecule has 0 unspecified atom stereocenters. The first-order valence-corrected chi connectivity index (χ1v) is 11.1. The predicted molar refractivity (Wildman–Crippen MR) is 103 cm³/mol. The third kappa shape index (κ3) is 4.48. The lowest BCUT2D eigenvalue weighted by Crippen LogP contribution is -2.34. The van der Waals surface area contributed by atoms with Crippen molar-refractivity contribution in [1.29, 1.82) is 0 Å². The molecule has 0 saturated carbocycles. The maximum absolute atomic E-state index is 12.2. The Balaban J connectivity index is 1.60. The van der Waals surface area contributed by atoms with Crippen LogP contribution in [0.1, 0.15) is 27.7 Å². The highest BCUT2D eigenvalue weighted by Crippen LogP contribution is 2.34. The zero-order valence-electron chi connectivity index (χ0n) is 15.0. The Morgan fingerprint density at radius 1 is 1.33 bits per heavy atom. The summed E-state index contributed by atoms with van der Waals surface area (Å²) in [5.74, 6) is -0.996. The number of esters is 1. The van der Waals surface area contributed by atoms with E-state index in [1.54, 1.807) is 12.1 Å². The molecular weight excluding hydrogens is 388 g/mol. The maximum atomic E-state index is 12.2. The van der Waals surface area contributed by atoms with E-state index < -0.39 is 16.0 Å². The second kappa shape index (κ2) is 7.69. The minimum atomic E-state index is -3.38. The molecule has 0 fully saturated rings. The van der Waals surface area contributed by atoms with E-state index in [2.05, 4.69) is 5.32 Å². The van der Waals surface area contributed by atoms with Crippen LogP contribution in [0.25, 0.3) is 0 Å². The maximum Gasteiger partial charge on any atom is 0.338 e. The van der Waals surface area contributed by atoms with Gasteiger partial charge in [-0.25, -0.2) is 13.2 Å². The molecule has 2 aromatic rings. The fourth-order valence-electron chi connectivity index (χ4n) is 3.10. The van der Waals surface area contributed by atoms with Crippen LogP contribution >= 0.6 is 11.3 Å². The number of amides is 1. The quantitative estimate of drug-likeness (QED) is 0.738. The Hall–Kier alpha value is -2.39. The monoisotopic (exact) mass is 408 g/mol. The molecule has 1 atom stereocenters. The average Bonchev–Trinajstić information content (AvgIpc) is 3.22. The molecule has 3 rings (SSSR count). The number of ether oxygens (including phenoxy) is 1. The van der Waals surface area contributed by atoms with Gasteiger partial charge in [-0.05, 0) is 48.6 Å². The summed E-state index contributed by atoms with van der Waals surface area (Å²) in [5.41, 5.74) is 1.64. The summed E-state index contributed by atoms with van der Waals surface area (Å²) in [7, 11) is -3.38. The molecule has 0 aliphatic carbocycles. The van der Waals surface area contributed by atoms with Crippen LogP contribution < -0.4 is 9.62 Å². The molecule has 1 aliphatic heterocycles. The summed E-state index contributed by atoms with van der Waals surface area (Å²) >= 11 is 1.53. The van der Waals surface area contributed by atoms with E-state index in [1.807, 2.05) is 24.4 Å². The van der Waals surface area contributed by atoms with Crippen molar-refractivity contribution in [3.63, 3.8) is 0 Å². The third-order valence-corrected chi connectivity index (χ3v) is 6.35. The van der Waals surface area contributed by atoms with E-state index in [9.17, 15) is 18.0 Å². The molecule has 27 heavy (non-hydrogen) atoms. The number of carbonyl (C=O) groups is 2. The van der Waals surface area contributed by atoms with Crippen LogP contribution in [-0.2, 0) is 32.5 Å². The Morgan fingerprint density at radius 3 is 2.78 bits per heavy atom. The Morgan fingerprint density at radius 2 is 2.11 bits per heavy atom. The Labute approximate surface area is 162 Å². The third-order valence-electron chi connectivity index (χ3n) is 4.20. The summed E-state index contributed by atoms with van der Waals surface area (Å²) in [6.45, 7) is 1.84. The molecule has 1 aromatic carbocycles. The van der Waals surface area contributed by atoms with Gasteiger partial charge in [0.15, 0.2) is 6.61 Å². The lowest BCUT2D eigenvalue weighted by molar-refractivity contribution is -0.124. The van der Waals surface area contributed by atoms with Gasteiger partial charge < -0.3 is 10.1 Å². The van der Waals surface area contributed by atoms with Crippen molar-refractivity contribution in [2.75, 3.05) is 17.2 Å². The van der Waals surface area contributed by atoms with Crippen LogP contribution in [0.3, 0.4) is 0 Å². The van der Waals surface area contributed by atoms with Gasteiger partial charge in [-0.2, -0.15) is 0 Å². The summed E-state index contributed by atoms with van der Waals surface area (Å²) in [5, 5.41) is 4.60. The molecule has 7 nitrogen and oxygen atoms in total. The number of nitrogens with zero attached hydrogens (tertiary/aromatic N) is 1. The normalized spacial score (nSPS) is 16.1. The number of hydrogen-bond acceptors (Lipinski definition) is 6. The highest BCUT2D eigenvalue weighted by Gasteiger charge is 2.32. The molecule has 1 aliphatic rings. The number of sulfonamides is 1. The van der Waals surface area contributed by atoms with Crippen LogP contribution in [-0.4, -0.2) is 39.2 Å². The molecule has 0 saturated heterocycles. The van der Waals surface area contributed by atoms with E-state index in [1.165, 1.54) is 21.7 Å². The first-order valence-electron chi connectivity index (χ1n) is 8.34. The highest BCUT2D eigenvalue weighted by molar-refractivity contribution is 7.92. The zero-order chi connectivity index (χ0) is 19.6. The zero-order valence-corrected chi connectivity index (χ0v) is 16.6. The van der Waals surface area contributed by atoms with Crippen LogP contribution in [0, 0.1) is 0 Å². The summed E-state index contributed by atoms with van der Waals surface area (Å²) in [6, 6.07) is 8.34. The van der Waals surface area contributed by atoms with Gasteiger partial charge in [-0.1, -0.05) is 6.07 Å². The van der Waals surface area contributed by atoms with Crippen molar-refractivity contribution in [3.05, 3.63) is 51.7 Å². The van der Waals surface area contributed by atoms with Gasteiger partial charge in [0.05, 0.1) is 24.1 Å². The second-order valence-corrected chi connectivity index (χ2v) is 9.28. The van der Waals surface area contributed by atoms with Crippen LogP contribution in [0.4, 0.5) is 5.69 Å². The number of rotatable bonds is 6. The molecular formula is C18H20N2O5S2. The highest BCUT2D eigenvalue weighted by atomic mass is 32.2. The van der Waals surface area contributed by atoms with Gasteiger partial charge in [0.2, 0.25) is 10.0 Å². The van der Waals surface area contributed by atoms with E-state index in [4.69, 9.17) is 4.74 Å². The van der Waals surface area contributed by atoms with Crippen molar-refractivity contribution >= 4 is 38.9 Å². The van der Waals surface area contributed by atoms with Gasteiger partial charge in [0.1, 0.15) is 0 Å². The van der Waals surface area contributed by atoms with Crippen molar-refractivity contribution < 1.29 is 22.7 Å². The van der Waals surface area contributed by atoms with Gasteiger partial charge in [-0.3, -0.25) is 9.10 Å². The lowest BCUT2D eigenvalue weighted by atomic mass is 10.1. The van der Waals surface area contributed by atoms with Gasteiger partial charge in [-0.15, -0.1) is 11.3 Å². The molecule has 0 bridgehead atoms. The van der Waals surface area contributed by atoms with Gasteiger partial charge >= 0.3 is 5.97 Å². The molecule has 0 radical (unpaired) electrons. The fraction of sp³-hybridized carbons (Fsp3) is 0.333. The SMILES string of the molecule is C[C@@H]1Cc2cc(C(=O)OCC(=O)NCc3cccs3)ccc2N1S(C)(=O)=O. The lowest BCUT2D eigenvalue weighted by Gasteiger charge is -2.21. The molecule has 0 spiro atoms. The molecule has 9 heteroatoms. The van der Waals surface area contributed by atoms with E-state index in [-0.39, 0.29) is 18.6 Å². The number of anilines is 1. The molecule has 144 valence electrons. The van der Waals surface area contributed by atoms with Crippen LogP contribution in [0.15, 0.2) is 35.7 Å². The van der Waals surface area contributed by atoms with E-state index in [0.29, 0.717) is 24.2 Å². The first kappa shape index (κ1) is 19.4. The number of carbonyl (C=O) groups excluding carboxylic acids is 2. The minimum absolute atomic E-state index is 0.204. The average molecular weight is 409 g/mol. The predicted octanol–water partition coefficient (Wildman–Crippen LogP) is 1.93. The Kier molecular flexibility index (Phi) is 5.52. The number of benzene rings is 1. The van der Waals surface area contributed by atoms with Gasteiger partial charge in [0.25, 0.3) is 5.91 Å². The molecule has 2 heterocycles. The van der Waals surface area contributed by atoms with Crippen LogP contribution in [0.2, 0.25) is 0 Å². The molecule has 1 amide bonds. The minimum Gasteiger partial charge on any atom is -0.452 e. The first-order chi connectivity index (χ1) is 12.8.